The summed E-state index contributed by atoms with van der Waals surface area (Å²) in [5.41, 5.74) is 0.645. The number of aliphatic imine (C=N–C) groups is 1. The molecule has 1 N–H and O–H groups in total. The Balaban J connectivity index is 1.86. The van der Waals surface area contributed by atoms with Gasteiger partial charge in [0.15, 0.2) is 5.96 Å². The van der Waals surface area contributed by atoms with Gasteiger partial charge in [0.1, 0.15) is 0 Å². The minimum Gasteiger partial charge on any atom is -0.355 e. The molecule has 4 heteroatoms. The van der Waals surface area contributed by atoms with E-state index in [4.69, 9.17) is 0 Å². The summed E-state index contributed by atoms with van der Waals surface area (Å²) in [6.45, 7) is 7.92. The van der Waals surface area contributed by atoms with E-state index in [1.165, 1.54) is 38.8 Å². The lowest BCUT2D eigenvalue weighted by atomic mass is 9.68. The second-order valence-electron chi connectivity index (χ2n) is 6.39. The number of hydrogen-bond acceptors (Lipinski definition) is 2. The first-order valence-electron chi connectivity index (χ1n) is 7.01. The van der Waals surface area contributed by atoms with Gasteiger partial charge in [0.25, 0.3) is 0 Å². The predicted molar refractivity (Wildman–Crippen MR) is 81.4 cm³/mol. The molecule has 1 heterocycles. The van der Waals surface area contributed by atoms with Crippen molar-refractivity contribution in [3.05, 3.63) is 0 Å². The van der Waals surface area contributed by atoms with Crippen LogP contribution in [0.4, 0.5) is 0 Å². The summed E-state index contributed by atoms with van der Waals surface area (Å²) >= 11 is 1.90. The van der Waals surface area contributed by atoms with E-state index < -0.39 is 0 Å². The molecule has 0 aromatic carbocycles. The van der Waals surface area contributed by atoms with Crippen molar-refractivity contribution in [1.82, 2.24) is 10.2 Å². The maximum atomic E-state index is 4.45. The summed E-state index contributed by atoms with van der Waals surface area (Å²) in [7, 11) is 1.90. The Hall–Kier alpha value is -0.380. The molecule has 1 spiro atoms. The van der Waals surface area contributed by atoms with Crippen molar-refractivity contribution >= 4 is 17.7 Å². The quantitative estimate of drug-likeness (QED) is 0.630. The molecule has 1 saturated heterocycles. The molecule has 0 bridgehead atoms. The van der Waals surface area contributed by atoms with Crippen LogP contribution in [-0.4, -0.2) is 48.5 Å². The number of hydrogen-bond donors (Lipinski definition) is 1. The van der Waals surface area contributed by atoms with Crippen LogP contribution in [0.2, 0.25) is 0 Å². The number of nitrogens with zero attached hydrogens (tertiary/aromatic N) is 2. The van der Waals surface area contributed by atoms with Crippen LogP contribution in [0.5, 0.6) is 0 Å². The van der Waals surface area contributed by atoms with Gasteiger partial charge in [-0.3, -0.25) is 4.99 Å². The highest BCUT2D eigenvalue weighted by molar-refractivity contribution is 7.99. The van der Waals surface area contributed by atoms with Crippen LogP contribution in [-0.2, 0) is 0 Å². The molecule has 2 fully saturated rings. The molecule has 1 aliphatic carbocycles. The molecule has 3 nitrogen and oxygen atoms in total. The van der Waals surface area contributed by atoms with Gasteiger partial charge >= 0.3 is 0 Å². The maximum absolute atomic E-state index is 4.45. The van der Waals surface area contributed by atoms with Crippen molar-refractivity contribution in [3.63, 3.8) is 0 Å². The minimum atomic E-state index is 0.268. The monoisotopic (exact) mass is 269 g/mol. The SMILES string of the molecule is CN=C(NCC(C)(C)SC)N1CCC2(CCC2)C1. The lowest BCUT2D eigenvalue weighted by molar-refractivity contribution is 0.151. The Bertz CT molecular complexity index is 321. The zero-order valence-electron chi connectivity index (χ0n) is 12.3. The van der Waals surface area contributed by atoms with Gasteiger partial charge in [-0.15, -0.1) is 0 Å². The van der Waals surface area contributed by atoms with Crippen molar-refractivity contribution in [3.8, 4) is 0 Å². The highest BCUT2D eigenvalue weighted by Gasteiger charge is 2.43. The van der Waals surface area contributed by atoms with E-state index in [-0.39, 0.29) is 4.75 Å². The number of nitrogens with one attached hydrogen (secondary N) is 1. The number of likely N-dealkylation sites (tertiary alicyclic amines) is 1. The molecule has 0 aromatic rings. The molecule has 2 rings (SSSR count). The first-order valence-corrected chi connectivity index (χ1v) is 8.24. The predicted octanol–water partition coefficient (Wildman–Crippen LogP) is 2.58. The number of guanidine groups is 1. The first-order chi connectivity index (χ1) is 8.50. The van der Waals surface area contributed by atoms with E-state index in [9.17, 15) is 0 Å². The fourth-order valence-corrected chi connectivity index (χ4v) is 3.11. The third kappa shape index (κ3) is 2.95. The third-order valence-electron chi connectivity index (χ3n) is 4.59. The molecule has 0 atom stereocenters. The van der Waals surface area contributed by atoms with Crippen molar-refractivity contribution in [2.45, 2.75) is 44.3 Å². The van der Waals surface area contributed by atoms with Crippen molar-refractivity contribution in [1.29, 1.82) is 0 Å². The Kier molecular flexibility index (Phi) is 4.15. The average Bonchev–Trinajstić information content (AvgIpc) is 2.75. The summed E-state index contributed by atoms with van der Waals surface area (Å²) in [5, 5.41) is 3.54. The minimum absolute atomic E-state index is 0.268. The average molecular weight is 269 g/mol. The van der Waals surface area contributed by atoms with Gasteiger partial charge in [0, 0.05) is 31.4 Å². The number of rotatable bonds is 3. The Morgan fingerprint density at radius 1 is 1.39 bits per heavy atom. The van der Waals surface area contributed by atoms with E-state index in [2.05, 4.69) is 35.3 Å². The van der Waals surface area contributed by atoms with E-state index in [0.717, 1.165) is 12.5 Å². The molecule has 0 unspecified atom stereocenters. The molecule has 0 amide bonds. The van der Waals surface area contributed by atoms with Gasteiger partial charge in [-0.25, -0.2) is 0 Å². The largest absolute Gasteiger partial charge is 0.355 e. The second-order valence-corrected chi connectivity index (χ2v) is 7.90. The van der Waals surface area contributed by atoms with Crippen molar-refractivity contribution in [2.24, 2.45) is 10.4 Å². The van der Waals surface area contributed by atoms with E-state index in [1.807, 2.05) is 18.8 Å². The topological polar surface area (TPSA) is 27.6 Å². The van der Waals surface area contributed by atoms with Crippen LogP contribution < -0.4 is 5.32 Å². The van der Waals surface area contributed by atoms with Crippen LogP contribution in [0.3, 0.4) is 0 Å². The molecule has 1 saturated carbocycles. The summed E-state index contributed by atoms with van der Waals surface area (Å²) in [4.78, 5) is 6.91. The van der Waals surface area contributed by atoms with Gasteiger partial charge < -0.3 is 10.2 Å². The summed E-state index contributed by atoms with van der Waals surface area (Å²) in [6, 6.07) is 0. The molecule has 0 radical (unpaired) electrons. The Morgan fingerprint density at radius 3 is 2.56 bits per heavy atom. The highest BCUT2D eigenvalue weighted by Crippen LogP contribution is 2.47. The summed E-state index contributed by atoms with van der Waals surface area (Å²) in [5.74, 6) is 1.10. The third-order valence-corrected chi connectivity index (χ3v) is 5.84. The smallest absolute Gasteiger partial charge is 0.193 e. The molecular weight excluding hydrogens is 242 g/mol. The van der Waals surface area contributed by atoms with Crippen LogP contribution >= 0.6 is 11.8 Å². The fourth-order valence-electron chi connectivity index (χ4n) is 2.90. The number of thioether (sulfide) groups is 1. The fraction of sp³-hybridized carbons (Fsp3) is 0.929. The summed E-state index contributed by atoms with van der Waals surface area (Å²) in [6.07, 6.45) is 7.82. The van der Waals surface area contributed by atoms with Gasteiger partial charge in [-0.05, 0) is 44.8 Å². The van der Waals surface area contributed by atoms with E-state index in [1.54, 1.807) is 0 Å². The Labute approximate surface area is 116 Å². The first kappa shape index (κ1) is 14.0. The van der Waals surface area contributed by atoms with Crippen LogP contribution in [0.15, 0.2) is 4.99 Å². The highest BCUT2D eigenvalue weighted by atomic mass is 32.2. The zero-order chi connectivity index (χ0) is 13.2. The van der Waals surface area contributed by atoms with Gasteiger partial charge in [-0.2, -0.15) is 11.8 Å². The zero-order valence-corrected chi connectivity index (χ0v) is 13.1. The maximum Gasteiger partial charge on any atom is 0.193 e. The van der Waals surface area contributed by atoms with Gasteiger partial charge in [-0.1, -0.05) is 6.42 Å². The van der Waals surface area contributed by atoms with Crippen molar-refractivity contribution in [2.75, 3.05) is 32.9 Å². The molecule has 104 valence electrons. The lowest BCUT2D eigenvalue weighted by Gasteiger charge is -2.38. The molecular formula is C14H27N3S. The van der Waals surface area contributed by atoms with Crippen LogP contribution in [0, 0.1) is 5.41 Å². The van der Waals surface area contributed by atoms with E-state index >= 15 is 0 Å². The Morgan fingerprint density at radius 2 is 2.11 bits per heavy atom. The van der Waals surface area contributed by atoms with Crippen LogP contribution in [0.25, 0.3) is 0 Å². The van der Waals surface area contributed by atoms with Gasteiger partial charge in [0.05, 0.1) is 0 Å². The standard InChI is InChI=1S/C14H27N3S/c1-13(2,18-4)10-16-12(15-3)17-9-8-14(11-17)6-5-7-14/h5-11H2,1-4H3,(H,15,16). The van der Waals surface area contributed by atoms with Crippen LogP contribution in [0.1, 0.15) is 39.5 Å². The van der Waals surface area contributed by atoms with Crippen molar-refractivity contribution < 1.29 is 0 Å². The van der Waals surface area contributed by atoms with E-state index in [0.29, 0.717) is 5.41 Å². The second kappa shape index (κ2) is 5.32. The normalized spacial score (nSPS) is 23.3. The molecule has 1 aliphatic heterocycles. The summed E-state index contributed by atoms with van der Waals surface area (Å²) < 4.78 is 0.268. The molecule has 0 aromatic heterocycles. The lowest BCUT2D eigenvalue weighted by Crippen LogP contribution is -2.46. The molecule has 18 heavy (non-hydrogen) atoms. The molecule has 2 aliphatic rings. The van der Waals surface area contributed by atoms with Gasteiger partial charge in [0.2, 0.25) is 0 Å².